The van der Waals surface area contributed by atoms with Crippen LogP contribution in [-0.4, -0.2) is 37.6 Å². The van der Waals surface area contributed by atoms with Gasteiger partial charge in [-0.2, -0.15) is 0 Å². The van der Waals surface area contributed by atoms with Crippen LogP contribution in [0.25, 0.3) is 0 Å². The Morgan fingerprint density at radius 1 is 1.29 bits per heavy atom. The van der Waals surface area contributed by atoms with Crippen molar-refractivity contribution in [1.82, 2.24) is 10.2 Å². The Hall–Kier alpha value is -0.0800. The van der Waals surface area contributed by atoms with Crippen LogP contribution in [0, 0.1) is 0 Å². The van der Waals surface area contributed by atoms with E-state index in [9.17, 15) is 0 Å². The predicted molar refractivity (Wildman–Crippen MR) is 64.8 cm³/mol. The second kappa shape index (κ2) is 8.25. The van der Waals surface area contributed by atoms with E-state index < -0.39 is 0 Å². The molecule has 0 heterocycles. The lowest BCUT2D eigenvalue weighted by atomic mass is 9.92. The predicted octanol–water partition coefficient (Wildman–Crippen LogP) is 2.49. The highest BCUT2D eigenvalue weighted by Gasteiger charge is 2.20. The van der Waals surface area contributed by atoms with Crippen molar-refractivity contribution in [2.45, 2.75) is 58.5 Å². The van der Waals surface area contributed by atoms with Crippen LogP contribution in [-0.2, 0) is 0 Å². The van der Waals surface area contributed by atoms with Crippen molar-refractivity contribution in [2.75, 3.05) is 20.6 Å². The summed E-state index contributed by atoms with van der Waals surface area (Å²) in [7, 11) is 4.29. The molecule has 0 saturated heterocycles. The molecule has 0 radical (unpaired) electrons. The molecule has 0 spiro atoms. The quantitative estimate of drug-likeness (QED) is 0.733. The van der Waals surface area contributed by atoms with E-state index in [4.69, 9.17) is 0 Å². The number of nitrogens with one attached hydrogen (secondary N) is 1. The van der Waals surface area contributed by atoms with E-state index in [1.807, 2.05) is 13.8 Å². The third kappa shape index (κ3) is 5.61. The summed E-state index contributed by atoms with van der Waals surface area (Å²) < 4.78 is 0. The van der Waals surface area contributed by atoms with Crippen molar-refractivity contribution >= 4 is 0 Å². The second-order valence-electron chi connectivity index (χ2n) is 4.16. The van der Waals surface area contributed by atoms with Gasteiger partial charge in [0.15, 0.2) is 0 Å². The van der Waals surface area contributed by atoms with Crippen LogP contribution in [0.15, 0.2) is 0 Å². The van der Waals surface area contributed by atoms with Gasteiger partial charge in [0.25, 0.3) is 0 Å². The van der Waals surface area contributed by atoms with Crippen molar-refractivity contribution in [3.05, 3.63) is 0 Å². The monoisotopic (exact) mass is 200 g/mol. The first-order valence-corrected chi connectivity index (χ1v) is 6.13. The standard InChI is InChI=1S/C10H22N2.C2H6/c1-4-9(8-12(2)3)11-10-6-5-7-10;1-2/h9-11H,4-8H2,1-3H3;1-2H3. The van der Waals surface area contributed by atoms with Gasteiger partial charge in [0.2, 0.25) is 0 Å². The second-order valence-corrected chi connectivity index (χ2v) is 4.16. The molecule has 0 aromatic carbocycles. The van der Waals surface area contributed by atoms with Crippen LogP contribution in [0.2, 0.25) is 0 Å². The fraction of sp³-hybridized carbons (Fsp3) is 1.00. The van der Waals surface area contributed by atoms with E-state index in [-0.39, 0.29) is 0 Å². The maximum absolute atomic E-state index is 3.69. The van der Waals surface area contributed by atoms with Gasteiger partial charge in [0.05, 0.1) is 0 Å². The molecule has 1 rings (SSSR count). The fourth-order valence-corrected chi connectivity index (χ4v) is 1.65. The lowest BCUT2D eigenvalue weighted by molar-refractivity contribution is 0.259. The summed E-state index contributed by atoms with van der Waals surface area (Å²) in [5.41, 5.74) is 0. The zero-order chi connectivity index (χ0) is 11.0. The van der Waals surface area contributed by atoms with E-state index in [0.29, 0.717) is 6.04 Å². The van der Waals surface area contributed by atoms with E-state index in [0.717, 1.165) is 6.04 Å². The highest BCUT2D eigenvalue weighted by atomic mass is 15.1. The summed E-state index contributed by atoms with van der Waals surface area (Å²) in [5.74, 6) is 0. The van der Waals surface area contributed by atoms with Crippen molar-refractivity contribution < 1.29 is 0 Å². The average Bonchev–Trinajstić information content (AvgIpc) is 2.12. The van der Waals surface area contributed by atoms with Crippen LogP contribution >= 0.6 is 0 Å². The first-order chi connectivity index (χ1) is 6.72. The van der Waals surface area contributed by atoms with Gasteiger partial charge < -0.3 is 10.2 Å². The first-order valence-electron chi connectivity index (χ1n) is 6.13. The minimum absolute atomic E-state index is 0.699. The molecule has 2 heteroatoms. The lowest BCUT2D eigenvalue weighted by Gasteiger charge is -2.32. The van der Waals surface area contributed by atoms with Gasteiger partial charge in [-0.25, -0.2) is 0 Å². The van der Waals surface area contributed by atoms with Crippen LogP contribution in [0.1, 0.15) is 46.5 Å². The molecule has 0 bridgehead atoms. The van der Waals surface area contributed by atoms with Gasteiger partial charge >= 0.3 is 0 Å². The number of hydrogen-bond donors (Lipinski definition) is 1. The molecule has 1 atom stereocenters. The third-order valence-electron chi connectivity index (χ3n) is 2.65. The maximum Gasteiger partial charge on any atom is 0.0194 e. The molecule has 1 fully saturated rings. The first kappa shape index (κ1) is 13.9. The van der Waals surface area contributed by atoms with E-state index >= 15 is 0 Å². The minimum Gasteiger partial charge on any atom is -0.310 e. The molecule has 1 N–H and O–H groups in total. The molecule has 1 aliphatic carbocycles. The van der Waals surface area contributed by atoms with E-state index in [2.05, 4.69) is 31.2 Å². The van der Waals surface area contributed by atoms with E-state index in [1.54, 1.807) is 0 Å². The van der Waals surface area contributed by atoms with Gasteiger partial charge in [-0.1, -0.05) is 27.2 Å². The highest BCUT2D eigenvalue weighted by Crippen LogP contribution is 2.19. The van der Waals surface area contributed by atoms with Crippen molar-refractivity contribution in [2.24, 2.45) is 0 Å². The molecule has 1 saturated carbocycles. The largest absolute Gasteiger partial charge is 0.310 e. The number of nitrogens with zero attached hydrogens (tertiary/aromatic N) is 1. The van der Waals surface area contributed by atoms with Crippen LogP contribution in [0.4, 0.5) is 0 Å². The average molecular weight is 200 g/mol. The summed E-state index contributed by atoms with van der Waals surface area (Å²) in [4.78, 5) is 2.26. The Morgan fingerprint density at radius 3 is 2.14 bits per heavy atom. The maximum atomic E-state index is 3.69. The van der Waals surface area contributed by atoms with Crippen molar-refractivity contribution in [3.63, 3.8) is 0 Å². The molecule has 1 unspecified atom stereocenters. The Kier molecular flexibility index (Phi) is 8.20. The van der Waals surface area contributed by atoms with Crippen LogP contribution < -0.4 is 5.32 Å². The Morgan fingerprint density at radius 2 is 1.86 bits per heavy atom. The molecule has 0 aromatic rings. The summed E-state index contributed by atoms with van der Waals surface area (Å²) in [5, 5.41) is 3.69. The van der Waals surface area contributed by atoms with Gasteiger partial charge in [-0.3, -0.25) is 0 Å². The Labute approximate surface area is 90.1 Å². The molecule has 1 aliphatic rings. The van der Waals surface area contributed by atoms with E-state index in [1.165, 1.54) is 32.2 Å². The van der Waals surface area contributed by atoms with Crippen LogP contribution in [0.5, 0.6) is 0 Å². The molecule has 0 aromatic heterocycles. The van der Waals surface area contributed by atoms with Gasteiger partial charge in [-0.05, 0) is 33.4 Å². The van der Waals surface area contributed by atoms with Gasteiger partial charge in [0.1, 0.15) is 0 Å². The summed E-state index contributed by atoms with van der Waals surface area (Å²) in [6.45, 7) is 7.44. The third-order valence-corrected chi connectivity index (χ3v) is 2.65. The Balaban J connectivity index is 0.000000791. The zero-order valence-electron chi connectivity index (χ0n) is 10.6. The number of rotatable bonds is 5. The molecule has 0 amide bonds. The molecule has 2 nitrogen and oxygen atoms in total. The lowest BCUT2D eigenvalue weighted by Crippen LogP contribution is -2.46. The number of hydrogen-bond acceptors (Lipinski definition) is 2. The van der Waals surface area contributed by atoms with Crippen LogP contribution in [0.3, 0.4) is 0 Å². The van der Waals surface area contributed by atoms with Crippen molar-refractivity contribution in [3.8, 4) is 0 Å². The summed E-state index contributed by atoms with van der Waals surface area (Å²) >= 11 is 0. The summed E-state index contributed by atoms with van der Waals surface area (Å²) in [6, 6.07) is 1.53. The minimum atomic E-state index is 0.699. The molecule has 14 heavy (non-hydrogen) atoms. The topological polar surface area (TPSA) is 15.3 Å². The molecular formula is C12H28N2. The van der Waals surface area contributed by atoms with Gasteiger partial charge in [0, 0.05) is 18.6 Å². The summed E-state index contributed by atoms with van der Waals surface area (Å²) in [6.07, 6.45) is 5.46. The smallest absolute Gasteiger partial charge is 0.0194 e. The van der Waals surface area contributed by atoms with Gasteiger partial charge in [-0.15, -0.1) is 0 Å². The normalized spacial score (nSPS) is 18.4. The number of likely N-dealkylation sites (N-methyl/N-ethyl adjacent to an activating group) is 1. The molecule has 86 valence electrons. The van der Waals surface area contributed by atoms with Crippen molar-refractivity contribution in [1.29, 1.82) is 0 Å². The molecular weight excluding hydrogens is 172 g/mol. The Bertz CT molecular complexity index is 119. The fourth-order valence-electron chi connectivity index (χ4n) is 1.65. The molecule has 0 aliphatic heterocycles. The highest BCUT2D eigenvalue weighted by molar-refractivity contribution is 4.81. The zero-order valence-corrected chi connectivity index (χ0v) is 10.6. The SMILES string of the molecule is CC.CCC(CN(C)C)NC1CCC1.